The van der Waals surface area contributed by atoms with Gasteiger partial charge in [0.05, 0.1) is 11.7 Å². The lowest BCUT2D eigenvalue weighted by atomic mass is 9.72. The SMILES string of the molecule is CC(C)Oc1c(C2=CCC(C(C)(C)C)CC2)c(=O)c1=O. The van der Waals surface area contributed by atoms with Crippen LogP contribution in [0.3, 0.4) is 0 Å². The molecule has 0 aliphatic heterocycles. The number of ether oxygens (including phenoxy) is 1. The lowest BCUT2D eigenvalue weighted by molar-refractivity contribution is 0.224. The molecule has 1 aliphatic rings. The molecular formula is C17H24O3. The van der Waals surface area contributed by atoms with Crippen molar-refractivity contribution >= 4 is 5.57 Å². The van der Waals surface area contributed by atoms with E-state index in [2.05, 4.69) is 26.8 Å². The molecule has 0 spiro atoms. The van der Waals surface area contributed by atoms with Crippen LogP contribution in [0.25, 0.3) is 5.57 Å². The van der Waals surface area contributed by atoms with Crippen molar-refractivity contribution < 1.29 is 4.74 Å². The van der Waals surface area contributed by atoms with Gasteiger partial charge in [-0.15, -0.1) is 0 Å². The summed E-state index contributed by atoms with van der Waals surface area (Å²) in [6.45, 7) is 10.5. The molecule has 1 unspecified atom stereocenters. The molecule has 1 aromatic rings. The predicted octanol–water partition coefficient (Wildman–Crippen LogP) is 3.30. The smallest absolute Gasteiger partial charge is 0.268 e. The maximum Gasteiger partial charge on any atom is 0.268 e. The minimum absolute atomic E-state index is 0.0800. The number of rotatable bonds is 3. The van der Waals surface area contributed by atoms with Crippen molar-refractivity contribution in [2.75, 3.05) is 0 Å². The fourth-order valence-electron chi connectivity index (χ4n) is 2.86. The largest absolute Gasteiger partial charge is 0.486 e. The lowest BCUT2D eigenvalue weighted by Gasteiger charge is -2.33. The molecule has 0 radical (unpaired) electrons. The van der Waals surface area contributed by atoms with Crippen molar-refractivity contribution in [3.63, 3.8) is 0 Å². The predicted molar refractivity (Wildman–Crippen MR) is 81.9 cm³/mol. The van der Waals surface area contributed by atoms with Crippen LogP contribution in [-0.2, 0) is 0 Å². The molecule has 1 aliphatic carbocycles. The standard InChI is InChI=1S/C17H24O3/c1-10(2)20-16-13(14(18)15(16)19)11-6-8-12(9-7-11)17(3,4)5/h6,10,12H,7-9H2,1-5H3. The van der Waals surface area contributed by atoms with Crippen LogP contribution < -0.4 is 15.6 Å². The van der Waals surface area contributed by atoms with Crippen molar-refractivity contribution in [3.8, 4) is 5.75 Å². The second kappa shape index (κ2) is 5.19. The van der Waals surface area contributed by atoms with Gasteiger partial charge in [0, 0.05) is 0 Å². The summed E-state index contributed by atoms with van der Waals surface area (Å²) in [5, 5.41) is 0. The summed E-state index contributed by atoms with van der Waals surface area (Å²) in [4.78, 5) is 23.4. The quantitative estimate of drug-likeness (QED) is 0.796. The van der Waals surface area contributed by atoms with E-state index in [1.807, 2.05) is 13.8 Å². The highest BCUT2D eigenvalue weighted by atomic mass is 16.5. The monoisotopic (exact) mass is 276 g/mol. The van der Waals surface area contributed by atoms with E-state index in [1.54, 1.807) is 0 Å². The molecular weight excluding hydrogens is 252 g/mol. The molecule has 3 heteroatoms. The van der Waals surface area contributed by atoms with E-state index < -0.39 is 5.43 Å². The van der Waals surface area contributed by atoms with Crippen molar-refractivity contribution in [3.05, 3.63) is 32.1 Å². The van der Waals surface area contributed by atoms with Crippen LogP contribution in [0.5, 0.6) is 5.75 Å². The third-order valence-electron chi connectivity index (χ3n) is 4.18. The average molecular weight is 276 g/mol. The van der Waals surface area contributed by atoms with E-state index in [0.717, 1.165) is 24.8 Å². The maximum absolute atomic E-state index is 11.8. The molecule has 0 bridgehead atoms. The maximum atomic E-state index is 11.8. The van der Waals surface area contributed by atoms with E-state index >= 15 is 0 Å². The molecule has 20 heavy (non-hydrogen) atoms. The van der Waals surface area contributed by atoms with E-state index in [1.165, 1.54) is 0 Å². The third kappa shape index (κ3) is 2.72. The van der Waals surface area contributed by atoms with Crippen LogP contribution in [0.15, 0.2) is 15.7 Å². The van der Waals surface area contributed by atoms with Gasteiger partial charge in [0.1, 0.15) is 0 Å². The Kier molecular flexibility index (Phi) is 3.90. The van der Waals surface area contributed by atoms with Crippen molar-refractivity contribution in [1.82, 2.24) is 0 Å². The van der Waals surface area contributed by atoms with Crippen LogP contribution in [0.2, 0.25) is 0 Å². The molecule has 0 saturated carbocycles. The van der Waals surface area contributed by atoms with Gasteiger partial charge in [-0.3, -0.25) is 9.59 Å². The zero-order chi connectivity index (χ0) is 15.1. The Hall–Kier alpha value is -1.38. The summed E-state index contributed by atoms with van der Waals surface area (Å²) in [5.41, 5.74) is 0.989. The second-order valence-electron chi connectivity index (χ2n) is 7.10. The molecule has 2 rings (SSSR count). The highest BCUT2D eigenvalue weighted by molar-refractivity contribution is 5.73. The third-order valence-corrected chi connectivity index (χ3v) is 4.18. The van der Waals surface area contributed by atoms with Crippen molar-refractivity contribution in [2.45, 2.75) is 60.0 Å². The average Bonchev–Trinajstić information content (AvgIpc) is 2.37. The fourth-order valence-corrected chi connectivity index (χ4v) is 2.86. The first-order valence-electron chi connectivity index (χ1n) is 7.41. The van der Waals surface area contributed by atoms with Gasteiger partial charge >= 0.3 is 0 Å². The van der Waals surface area contributed by atoms with Crippen molar-refractivity contribution in [2.24, 2.45) is 11.3 Å². The first-order valence-corrected chi connectivity index (χ1v) is 7.41. The molecule has 0 heterocycles. The van der Waals surface area contributed by atoms with Gasteiger partial charge in [-0.25, -0.2) is 0 Å². The van der Waals surface area contributed by atoms with Crippen LogP contribution >= 0.6 is 0 Å². The molecule has 0 N–H and O–H groups in total. The van der Waals surface area contributed by atoms with Crippen LogP contribution in [0.4, 0.5) is 0 Å². The lowest BCUT2D eigenvalue weighted by Crippen LogP contribution is -2.38. The summed E-state index contributed by atoms with van der Waals surface area (Å²) < 4.78 is 5.50. The normalized spacial score (nSPS) is 20.3. The van der Waals surface area contributed by atoms with Crippen LogP contribution in [0.1, 0.15) is 59.4 Å². The van der Waals surface area contributed by atoms with Gasteiger partial charge in [-0.05, 0) is 50.0 Å². The summed E-state index contributed by atoms with van der Waals surface area (Å²) >= 11 is 0. The summed E-state index contributed by atoms with van der Waals surface area (Å²) in [6.07, 6.45) is 4.95. The highest BCUT2D eigenvalue weighted by Crippen LogP contribution is 2.40. The molecule has 3 nitrogen and oxygen atoms in total. The van der Waals surface area contributed by atoms with Crippen LogP contribution in [-0.4, -0.2) is 6.10 Å². The Bertz CT molecular complexity index is 592. The first-order chi connectivity index (χ1) is 9.21. The van der Waals surface area contributed by atoms with E-state index in [0.29, 0.717) is 11.5 Å². The summed E-state index contributed by atoms with van der Waals surface area (Å²) in [5.74, 6) is 0.914. The Balaban J connectivity index is 2.23. The van der Waals surface area contributed by atoms with E-state index in [4.69, 9.17) is 4.74 Å². The van der Waals surface area contributed by atoms with Gasteiger partial charge in [0.2, 0.25) is 5.43 Å². The molecule has 110 valence electrons. The molecule has 1 aromatic carbocycles. The second-order valence-corrected chi connectivity index (χ2v) is 7.10. The van der Waals surface area contributed by atoms with Gasteiger partial charge in [-0.1, -0.05) is 26.8 Å². The molecule has 0 amide bonds. The summed E-state index contributed by atoms with van der Waals surface area (Å²) in [7, 11) is 0. The van der Waals surface area contributed by atoms with Gasteiger partial charge in [0.25, 0.3) is 5.43 Å². The number of allylic oxidation sites excluding steroid dienone is 2. The number of hydrogen-bond acceptors (Lipinski definition) is 3. The summed E-state index contributed by atoms with van der Waals surface area (Å²) in [6, 6.07) is 0. The van der Waals surface area contributed by atoms with E-state index in [-0.39, 0.29) is 22.7 Å². The molecule has 0 fully saturated rings. The van der Waals surface area contributed by atoms with E-state index in [9.17, 15) is 9.59 Å². The highest BCUT2D eigenvalue weighted by Gasteiger charge is 2.31. The zero-order valence-electron chi connectivity index (χ0n) is 13.1. The van der Waals surface area contributed by atoms with Gasteiger partial charge < -0.3 is 4.74 Å². The van der Waals surface area contributed by atoms with Crippen molar-refractivity contribution in [1.29, 1.82) is 0 Å². The van der Waals surface area contributed by atoms with Crippen LogP contribution in [0, 0.1) is 11.3 Å². The molecule has 0 saturated heterocycles. The zero-order valence-corrected chi connectivity index (χ0v) is 13.1. The minimum atomic E-state index is -0.465. The molecule has 1 atom stereocenters. The Morgan fingerprint density at radius 1 is 1.20 bits per heavy atom. The minimum Gasteiger partial charge on any atom is -0.486 e. The Morgan fingerprint density at radius 3 is 2.30 bits per heavy atom. The van der Waals surface area contributed by atoms with Gasteiger partial charge in [-0.2, -0.15) is 0 Å². The number of hydrogen-bond donors (Lipinski definition) is 0. The Labute approximate surface area is 120 Å². The Morgan fingerprint density at radius 2 is 1.85 bits per heavy atom. The van der Waals surface area contributed by atoms with Gasteiger partial charge in [0.15, 0.2) is 5.75 Å². The fraction of sp³-hybridized carbons (Fsp3) is 0.647. The topological polar surface area (TPSA) is 43.4 Å². The first kappa shape index (κ1) is 15.0. The molecule has 0 aromatic heterocycles.